The van der Waals surface area contributed by atoms with Gasteiger partial charge in [0.25, 0.3) is 0 Å². The second-order valence-corrected chi connectivity index (χ2v) is 5.28. The van der Waals surface area contributed by atoms with Crippen LogP contribution in [0.1, 0.15) is 5.69 Å². The minimum atomic E-state index is 0.489. The molecule has 15 heavy (non-hydrogen) atoms. The number of rotatable bonds is 2. The first-order chi connectivity index (χ1) is 7.26. The molecule has 0 saturated carbocycles. The third kappa shape index (κ3) is 1.79. The second-order valence-electron chi connectivity index (χ2n) is 4.47. The molecule has 2 aliphatic heterocycles. The maximum absolute atomic E-state index is 5.23. The minimum absolute atomic E-state index is 0.489. The molecule has 0 atom stereocenters. The van der Waals surface area contributed by atoms with Gasteiger partial charge in [-0.1, -0.05) is 0 Å². The van der Waals surface area contributed by atoms with Crippen LogP contribution in [0.3, 0.4) is 0 Å². The molecule has 4 nitrogen and oxygen atoms in total. The maximum atomic E-state index is 5.23. The highest BCUT2D eigenvalue weighted by Crippen LogP contribution is 2.37. The van der Waals surface area contributed by atoms with Gasteiger partial charge in [-0.05, 0) is 15.9 Å². The Bertz CT molecular complexity index is 355. The number of ether oxygens (including phenoxy) is 1. The first kappa shape index (κ1) is 9.69. The van der Waals surface area contributed by atoms with Crippen LogP contribution in [0.25, 0.3) is 0 Å². The Hall–Kier alpha value is -0.520. The third-order valence-corrected chi connectivity index (χ3v) is 3.40. The van der Waals surface area contributed by atoms with Crippen LogP contribution < -0.4 is 0 Å². The lowest BCUT2D eigenvalue weighted by atomic mass is 9.78. The van der Waals surface area contributed by atoms with Gasteiger partial charge in [0.1, 0.15) is 4.60 Å². The summed E-state index contributed by atoms with van der Waals surface area (Å²) >= 11 is 3.28. The molecule has 0 bridgehead atoms. The highest BCUT2D eigenvalue weighted by molar-refractivity contribution is 9.10. The molecule has 0 aliphatic carbocycles. The van der Waals surface area contributed by atoms with Crippen LogP contribution >= 0.6 is 15.9 Å². The summed E-state index contributed by atoms with van der Waals surface area (Å²) in [5, 5.41) is 0. The first-order valence-corrected chi connectivity index (χ1v) is 5.82. The van der Waals surface area contributed by atoms with Gasteiger partial charge in [0.2, 0.25) is 0 Å². The Morgan fingerprint density at radius 2 is 2.13 bits per heavy atom. The second kappa shape index (κ2) is 3.50. The molecule has 2 fully saturated rings. The van der Waals surface area contributed by atoms with Crippen molar-refractivity contribution in [2.24, 2.45) is 5.41 Å². The van der Waals surface area contributed by atoms with Crippen molar-refractivity contribution in [3.8, 4) is 0 Å². The Morgan fingerprint density at radius 3 is 2.67 bits per heavy atom. The van der Waals surface area contributed by atoms with Gasteiger partial charge in [-0.25, -0.2) is 4.98 Å². The van der Waals surface area contributed by atoms with E-state index in [1.165, 1.54) is 0 Å². The fraction of sp³-hybridized carbons (Fsp3) is 0.600. The lowest BCUT2D eigenvalue weighted by Gasteiger charge is -2.55. The maximum Gasteiger partial charge on any atom is 0.124 e. The zero-order valence-electron chi connectivity index (χ0n) is 8.32. The largest absolute Gasteiger partial charge is 0.380 e. The minimum Gasteiger partial charge on any atom is -0.380 e. The van der Waals surface area contributed by atoms with Crippen molar-refractivity contribution in [2.45, 2.75) is 6.54 Å². The van der Waals surface area contributed by atoms with Crippen LogP contribution in [0.5, 0.6) is 0 Å². The summed E-state index contributed by atoms with van der Waals surface area (Å²) in [4.78, 5) is 10.9. The molecule has 0 amide bonds. The highest BCUT2D eigenvalue weighted by atomic mass is 79.9. The molecule has 5 heteroatoms. The van der Waals surface area contributed by atoms with Gasteiger partial charge in [-0.2, -0.15) is 0 Å². The quantitative estimate of drug-likeness (QED) is 0.805. The molecule has 0 unspecified atom stereocenters. The van der Waals surface area contributed by atoms with E-state index in [1.807, 2.05) is 6.20 Å². The van der Waals surface area contributed by atoms with Crippen molar-refractivity contribution < 1.29 is 4.74 Å². The Labute approximate surface area is 96.8 Å². The van der Waals surface area contributed by atoms with Crippen LogP contribution in [0, 0.1) is 5.41 Å². The van der Waals surface area contributed by atoms with E-state index in [0.29, 0.717) is 5.41 Å². The van der Waals surface area contributed by atoms with Crippen molar-refractivity contribution in [3.63, 3.8) is 0 Å². The number of halogens is 1. The van der Waals surface area contributed by atoms with Gasteiger partial charge in [-0.3, -0.25) is 9.88 Å². The molecule has 2 saturated heterocycles. The fourth-order valence-electron chi connectivity index (χ4n) is 2.24. The Balaban J connectivity index is 1.56. The molecule has 80 valence electrons. The summed E-state index contributed by atoms with van der Waals surface area (Å²) in [6.45, 7) is 5.07. The number of likely N-dealkylation sites (tertiary alicyclic amines) is 1. The Kier molecular flexibility index (Phi) is 2.26. The van der Waals surface area contributed by atoms with Crippen LogP contribution in [-0.2, 0) is 11.3 Å². The lowest BCUT2D eigenvalue weighted by molar-refractivity contribution is -0.191. The predicted molar refractivity (Wildman–Crippen MR) is 58.3 cm³/mol. The molecule has 3 heterocycles. The first-order valence-electron chi connectivity index (χ1n) is 5.02. The van der Waals surface area contributed by atoms with E-state index in [1.54, 1.807) is 6.20 Å². The molecule has 2 aliphatic rings. The molecule has 3 rings (SSSR count). The highest BCUT2D eigenvalue weighted by Gasteiger charge is 2.48. The smallest absolute Gasteiger partial charge is 0.124 e. The molecule has 0 aromatic carbocycles. The van der Waals surface area contributed by atoms with Crippen LogP contribution in [0.4, 0.5) is 0 Å². The molecule has 1 spiro atoms. The summed E-state index contributed by atoms with van der Waals surface area (Å²) in [5.74, 6) is 0. The van der Waals surface area contributed by atoms with Crippen LogP contribution in [-0.4, -0.2) is 41.2 Å². The summed E-state index contributed by atoms with van der Waals surface area (Å²) in [5.41, 5.74) is 1.52. The number of aromatic nitrogens is 2. The summed E-state index contributed by atoms with van der Waals surface area (Å²) in [7, 11) is 0. The van der Waals surface area contributed by atoms with E-state index in [4.69, 9.17) is 4.74 Å². The van der Waals surface area contributed by atoms with E-state index in [0.717, 1.165) is 43.1 Å². The van der Waals surface area contributed by atoms with Crippen LogP contribution in [0.15, 0.2) is 17.0 Å². The average molecular weight is 270 g/mol. The number of nitrogens with zero attached hydrogens (tertiary/aromatic N) is 3. The van der Waals surface area contributed by atoms with Gasteiger partial charge in [0, 0.05) is 25.0 Å². The molecule has 0 N–H and O–H groups in total. The molecular weight excluding hydrogens is 258 g/mol. The van der Waals surface area contributed by atoms with Gasteiger partial charge in [-0.15, -0.1) is 0 Å². The monoisotopic (exact) mass is 269 g/mol. The normalized spacial score (nSPS) is 23.5. The predicted octanol–water partition coefficient (Wildman–Crippen LogP) is 1.07. The van der Waals surface area contributed by atoms with E-state index in [-0.39, 0.29) is 0 Å². The molecule has 0 radical (unpaired) electrons. The van der Waals surface area contributed by atoms with Crippen molar-refractivity contribution >= 4 is 15.9 Å². The average Bonchev–Trinajstić information content (AvgIpc) is 2.10. The molecule has 1 aromatic rings. The van der Waals surface area contributed by atoms with E-state index in [2.05, 4.69) is 30.8 Å². The summed E-state index contributed by atoms with van der Waals surface area (Å²) in [6, 6.07) is 0. The zero-order chi connectivity index (χ0) is 10.3. The Morgan fingerprint density at radius 1 is 1.33 bits per heavy atom. The van der Waals surface area contributed by atoms with E-state index >= 15 is 0 Å². The number of hydrogen-bond acceptors (Lipinski definition) is 4. The van der Waals surface area contributed by atoms with Gasteiger partial charge in [0.05, 0.1) is 31.3 Å². The standard InChI is InChI=1S/C10H12BrN3O/c11-9-2-12-8(1-13-9)3-14-4-10(5-14)6-15-7-10/h1-2H,3-7H2. The van der Waals surface area contributed by atoms with Crippen molar-refractivity contribution in [3.05, 3.63) is 22.7 Å². The van der Waals surface area contributed by atoms with Gasteiger partial charge in [0.15, 0.2) is 0 Å². The SMILES string of the molecule is Brc1cnc(CN2CC3(COC3)C2)cn1. The van der Waals surface area contributed by atoms with E-state index < -0.39 is 0 Å². The molecular formula is C10H12BrN3O. The van der Waals surface area contributed by atoms with Crippen LogP contribution in [0.2, 0.25) is 0 Å². The summed E-state index contributed by atoms with van der Waals surface area (Å²) < 4.78 is 6.02. The summed E-state index contributed by atoms with van der Waals surface area (Å²) in [6.07, 6.45) is 3.57. The van der Waals surface area contributed by atoms with Gasteiger partial charge >= 0.3 is 0 Å². The fourth-order valence-corrected chi connectivity index (χ4v) is 2.44. The number of hydrogen-bond donors (Lipinski definition) is 0. The van der Waals surface area contributed by atoms with Crippen molar-refractivity contribution in [1.82, 2.24) is 14.9 Å². The van der Waals surface area contributed by atoms with Crippen molar-refractivity contribution in [2.75, 3.05) is 26.3 Å². The van der Waals surface area contributed by atoms with Crippen molar-refractivity contribution in [1.29, 1.82) is 0 Å². The molecule has 1 aromatic heterocycles. The third-order valence-electron chi connectivity index (χ3n) is 2.99. The zero-order valence-corrected chi connectivity index (χ0v) is 9.90. The van der Waals surface area contributed by atoms with E-state index in [9.17, 15) is 0 Å². The lowest BCUT2D eigenvalue weighted by Crippen LogP contribution is -2.65. The topological polar surface area (TPSA) is 38.2 Å². The van der Waals surface area contributed by atoms with Gasteiger partial charge < -0.3 is 4.74 Å².